The van der Waals surface area contributed by atoms with Crippen LogP contribution in [0.1, 0.15) is 19.8 Å². The Morgan fingerprint density at radius 3 is 2.57 bits per heavy atom. The predicted molar refractivity (Wildman–Crippen MR) is 101 cm³/mol. The van der Waals surface area contributed by atoms with E-state index in [0.29, 0.717) is 12.2 Å². The number of methoxy groups -OCH3 is 1. The number of para-hydroxylation sites is 1. The van der Waals surface area contributed by atoms with Crippen molar-refractivity contribution in [3.8, 4) is 0 Å². The van der Waals surface area contributed by atoms with Gasteiger partial charge in [-0.25, -0.2) is 4.90 Å². The minimum atomic E-state index is -0.749. The molecule has 148 valence electrons. The lowest BCUT2D eigenvalue weighted by molar-refractivity contribution is -0.152. The number of carbonyl (C=O) groups excluding carboxylic acids is 3. The van der Waals surface area contributed by atoms with Gasteiger partial charge < -0.3 is 9.47 Å². The Hall–Kier alpha value is -2.67. The molecule has 3 fully saturated rings. The summed E-state index contributed by atoms with van der Waals surface area (Å²) in [6, 6.07) is 7.81. The second-order valence-electron chi connectivity index (χ2n) is 7.31. The summed E-state index contributed by atoms with van der Waals surface area (Å²) in [6.07, 6.45) is 3.27. The maximum absolute atomic E-state index is 13.4. The van der Waals surface area contributed by atoms with Crippen LogP contribution in [0.25, 0.3) is 0 Å². The first-order valence-electron chi connectivity index (χ1n) is 9.67. The summed E-state index contributed by atoms with van der Waals surface area (Å²) in [7, 11) is 1.57. The van der Waals surface area contributed by atoms with Crippen LogP contribution in [0.15, 0.2) is 42.2 Å². The van der Waals surface area contributed by atoms with Crippen LogP contribution in [0.2, 0.25) is 0 Å². The zero-order valence-electron chi connectivity index (χ0n) is 16.0. The maximum Gasteiger partial charge on any atom is 0.324 e. The van der Waals surface area contributed by atoms with E-state index in [2.05, 4.69) is 0 Å². The number of nitrogens with zero attached hydrogens (tertiary/aromatic N) is 2. The Labute approximate surface area is 163 Å². The Morgan fingerprint density at radius 2 is 1.89 bits per heavy atom. The first-order chi connectivity index (χ1) is 13.6. The van der Waals surface area contributed by atoms with Crippen molar-refractivity contribution in [2.75, 3.05) is 25.2 Å². The van der Waals surface area contributed by atoms with E-state index in [9.17, 15) is 14.4 Å². The van der Waals surface area contributed by atoms with Gasteiger partial charge in [-0.15, -0.1) is 0 Å². The molecule has 3 saturated heterocycles. The molecule has 0 unspecified atom stereocenters. The predicted octanol–water partition coefficient (Wildman–Crippen LogP) is 1.73. The van der Waals surface area contributed by atoms with E-state index in [0.717, 1.165) is 18.4 Å². The molecule has 3 heterocycles. The van der Waals surface area contributed by atoms with Gasteiger partial charge in [0.15, 0.2) is 0 Å². The van der Waals surface area contributed by atoms with Gasteiger partial charge in [0.05, 0.1) is 37.5 Å². The lowest BCUT2D eigenvalue weighted by Gasteiger charge is -2.37. The van der Waals surface area contributed by atoms with Gasteiger partial charge >= 0.3 is 5.97 Å². The molecule has 2 amide bonds. The summed E-state index contributed by atoms with van der Waals surface area (Å²) in [5, 5.41) is 0. The van der Waals surface area contributed by atoms with Crippen molar-refractivity contribution < 1.29 is 23.9 Å². The second-order valence-corrected chi connectivity index (χ2v) is 7.31. The number of fused-ring (bicyclic) bond motifs is 3. The largest absolute Gasteiger partial charge is 0.504 e. The van der Waals surface area contributed by atoms with Crippen molar-refractivity contribution in [2.45, 2.75) is 31.8 Å². The third kappa shape index (κ3) is 2.73. The molecule has 28 heavy (non-hydrogen) atoms. The van der Waals surface area contributed by atoms with E-state index in [1.54, 1.807) is 44.6 Å². The van der Waals surface area contributed by atoms with E-state index in [1.165, 1.54) is 4.90 Å². The summed E-state index contributed by atoms with van der Waals surface area (Å²) >= 11 is 0. The molecule has 1 aromatic carbocycles. The fourth-order valence-electron chi connectivity index (χ4n) is 4.92. The molecule has 7 nitrogen and oxygen atoms in total. The van der Waals surface area contributed by atoms with E-state index in [1.807, 2.05) is 11.0 Å². The lowest BCUT2D eigenvalue weighted by atomic mass is 9.84. The van der Waals surface area contributed by atoms with Gasteiger partial charge in [-0.1, -0.05) is 18.2 Å². The number of benzene rings is 1. The highest BCUT2D eigenvalue weighted by atomic mass is 16.5. The first kappa shape index (κ1) is 18.7. The van der Waals surface area contributed by atoms with Crippen LogP contribution in [0.5, 0.6) is 0 Å². The Balaban J connectivity index is 1.79. The van der Waals surface area contributed by atoms with Crippen LogP contribution in [-0.4, -0.2) is 55.0 Å². The van der Waals surface area contributed by atoms with Gasteiger partial charge in [-0.05, 0) is 44.0 Å². The standard InChI is InChI=1S/C21H24N2O5/c1-3-28-21(26)18-16-15(17-13(12-27-2)8-7-11-22(17)18)19(24)23(20(16)25)14-9-5-4-6-10-14/h4-6,9-10,12,15-18H,3,7-8,11H2,1-2H3/b13-12+/t15-,16+,17-,18+/m1/s1. The number of esters is 1. The molecular formula is C21H24N2O5. The summed E-state index contributed by atoms with van der Waals surface area (Å²) in [5.41, 5.74) is 1.49. The Kier molecular flexibility index (Phi) is 4.93. The third-order valence-corrected chi connectivity index (χ3v) is 5.87. The minimum absolute atomic E-state index is 0.233. The zero-order chi connectivity index (χ0) is 19.8. The van der Waals surface area contributed by atoms with Crippen LogP contribution in [0.3, 0.4) is 0 Å². The SMILES string of the molecule is CCOC(=O)[C@@H]1[C@H]2C(=O)N(c3ccccc3)C(=O)[C@H]2[C@H]2/C(=C/OC)CCCN12. The average molecular weight is 384 g/mol. The number of carbonyl (C=O) groups is 3. The number of imide groups is 1. The van der Waals surface area contributed by atoms with Crippen LogP contribution >= 0.6 is 0 Å². The molecule has 0 N–H and O–H groups in total. The average Bonchev–Trinajstić information content (AvgIpc) is 3.17. The molecule has 4 rings (SSSR count). The van der Waals surface area contributed by atoms with Crippen molar-refractivity contribution in [1.29, 1.82) is 0 Å². The van der Waals surface area contributed by atoms with E-state index in [4.69, 9.17) is 9.47 Å². The number of hydrogen-bond donors (Lipinski definition) is 0. The number of ether oxygens (including phenoxy) is 2. The van der Waals surface area contributed by atoms with E-state index in [-0.39, 0.29) is 24.5 Å². The molecule has 7 heteroatoms. The zero-order valence-corrected chi connectivity index (χ0v) is 16.0. The van der Waals surface area contributed by atoms with Gasteiger partial charge in [-0.2, -0.15) is 0 Å². The highest BCUT2D eigenvalue weighted by Crippen LogP contribution is 2.48. The van der Waals surface area contributed by atoms with Crippen molar-refractivity contribution in [3.63, 3.8) is 0 Å². The molecule has 3 aliphatic rings. The molecule has 4 atom stereocenters. The van der Waals surface area contributed by atoms with Crippen LogP contribution < -0.4 is 4.90 Å². The van der Waals surface area contributed by atoms with E-state index >= 15 is 0 Å². The molecule has 0 bridgehead atoms. The Morgan fingerprint density at radius 1 is 1.18 bits per heavy atom. The van der Waals surface area contributed by atoms with Crippen LogP contribution in [0.4, 0.5) is 5.69 Å². The molecular weight excluding hydrogens is 360 g/mol. The van der Waals surface area contributed by atoms with E-state index < -0.39 is 23.8 Å². The molecule has 0 saturated carbocycles. The maximum atomic E-state index is 13.4. The molecule has 1 aromatic rings. The highest BCUT2D eigenvalue weighted by molar-refractivity contribution is 6.23. The van der Waals surface area contributed by atoms with Gasteiger partial charge in [-0.3, -0.25) is 19.3 Å². The monoisotopic (exact) mass is 384 g/mol. The summed E-state index contributed by atoms with van der Waals surface area (Å²) in [4.78, 5) is 42.7. The van der Waals surface area contributed by atoms with Crippen molar-refractivity contribution >= 4 is 23.5 Å². The molecule has 0 radical (unpaired) electrons. The lowest BCUT2D eigenvalue weighted by Crippen LogP contribution is -2.51. The topological polar surface area (TPSA) is 76.2 Å². The van der Waals surface area contributed by atoms with Crippen LogP contribution in [0, 0.1) is 11.8 Å². The smallest absolute Gasteiger partial charge is 0.324 e. The first-order valence-corrected chi connectivity index (χ1v) is 9.67. The number of piperidine rings is 1. The fraction of sp³-hybridized carbons (Fsp3) is 0.476. The summed E-state index contributed by atoms with van der Waals surface area (Å²) in [5.74, 6) is -2.37. The van der Waals surface area contributed by atoms with Gasteiger partial charge in [0.2, 0.25) is 11.8 Å². The quantitative estimate of drug-likeness (QED) is 0.447. The molecule has 0 spiro atoms. The molecule has 3 aliphatic heterocycles. The molecule has 0 aliphatic carbocycles. The van der Waals surface area contributed by atoms with Gasteiger partial charge in [0.1, 0.15) is 6.04 Å². The van der Waals surface area contributed by atoms with Crippen molar-refractivity contribution in [2.24, 2.45) is 11.8 Å². The fourth-order valence-corrected chi connectivity index (χ4v) is 4.92. The highest BCUT2D eigenvalue weighted by Gasteiger charge is 2.65. The van der Waals surface area contributed by atoms with Crippen LogP contribution in [-0.2, 0) is 23.9 Å². The molecule has 0 aromatic heterocycles. The summed E-state index contributed by atoms with van der Waals surface area (Å²) < 4.78 is 10.5. The normalized spacial score (nSPS) is 31.1. The van der Waals surface area contributed by atoms with Crippen molar-refractivity contribution in [1.82, 2.24) is 4.90 Å². The van der Waals surface area contributed by atoms with Gasteiger partial charge in [0.25, 0.3) is 0 Å². The van der Waals surface area contributed by atoms with Crippen molar-refractivity contribution in [3.05, 3.63) is 42.2 Å². The number of rotatable bonds is 4. The number of hydrogen-bond acceptors (Lipinski definition) is 6. The summed E-state index contributed by atoms with van der Waals surface area (Å²) in [6.45, 7) is 2.62. The Bertz CT molecular complexity index is 821. The number of anilines is 1. The van der Waals surface area contributed by atoms with Gasteiger partial charge in [0, 0.05) is 6.04 Å². The minimum Gasteiger partial charge on any atom is -0.504 e. The third-order valence-electron chi connectivity index (χ3n) is 5.87. The number of amides is 2. The second kappa shape index (κ2) is 7.39.